The fourth-order valence-electron chi connectivity index (χ4n) is 1.52. The van der Waals surface area contributed by atoms with Crippen molar-refractivity contribution in [2.24, 2.45) is 5.73 Å². The molecule has 7 heteroatoms. The molecule has 22 heavy (non-hydrogen) atoms. The van der Waals surface area contributed by atoms with E-state index in [0.717, 1.165) is 0 Å². The van der Waals surface area contributed by atoms with E-state index >= 15 is 0 Å². The van der Waals surface area contributed by atoms with Gasteiger partial charge in [-0.25, -0.2) is 4.79 Å². The van der Waals surface area contributed by atoms with Crippen molar-refractivity contribution >= 4 is 23.6 Å². The average molecular weight is 307 g/mol. The molecular formula is C15H21N3O4. The molecule has 1 aromatic rings. The molecule has 0 saturated heterocycles. The summed E-state index contributed by atoms with van der Waals surface area (Å²) in [5.41, 5.74) is 5.34. The Balaban J connectivity index is 2.57. The fraction of sp³-hybridized carbons (Fsp3) is 0.400. The lowest BCUT2D eigenvalue weighted by Crippen LogP contribution is -2.43. The Kier molecular flexibility index (Phi) is 5.50. The minimum Gasteiger partial charge on any atom is -0.444 e. The lowest BCUT2D eigenvalue weighted by Gasteiger charge is -2.21. The zero-order valence-corrected chi connectivity index (χ0v) is 13.1. The van der Waals surface area contributed by atoms with Gasteiger partial charge in [0, 0.05) is 11.3 Å². The number of alkyl carbamates (subject to hydrolysis) is 1. The third kappa shape index (κ3) is 5.82. The molecule has 0 aliphatic carbocycles. The second kappa shape index (κ2) is 6.93. The van der Waals surface area contributed by atoms with Crippen LogP contribution in [0.25, 0.3) is 0 Å². The van der Waals surface area contributed by atoms with Crippen molar-refractivity contribution < 1.29 is 19.1 Å². The molecule has 1 rings (SSSR count). The number of primary amides is 1. The SMILES string of the molecule is CC(NC(=O)OC(C)(C)C)C(=O)Nc1ccc(C(N)=O)cc1. The van der Waals surface area contributed by atoms with Crippen LogP contribution in [0.5, 0.6) is 0 Å². The van der Waals surface area contributed by atoms with Crippen LogP contribution in [0, 0.1) is 0 Å². The number of anilines is 1. The van der Waals surface area contributed by atoms with Gasteiger partial charge in [0.1, 0.15) is 11.6 Å². The number of benzene rings is 1. The normalized spacial score (nSPS) is 12.2. The smallest absolute Gasteiger partial charge is 0.408 e. The van der Waals surface area contributed by atoms with Gasteiger partial charge in [0.05, 0.1) is 0 Å². The number of carbonyl (C=O) groups is 3. The van der Waals surface area contributed by atoms with Crippen LogP contribution in [0.4, 0.5) is 10.5 Å². The molecule has 1 atom stereocenters. The third-order valence-electron chi connectivity index (χ3n) is 2.56. The van der Waals surface area contributed by atoms with Crippen molar-refractivity contribution in [1.29, 1.82) is 0 Å². The van der Waals surface area contributed by atoms with Crippen LogP contribution >= 0.6 is 0 Å². The molecule has 1 unspecified atom stereocenters. The van der Waals surface area contributed by atoms with Crippen molar-refractivity contribution in [3.8, 4) is 0 Å². The summed E-state index contributed by atoms with van der Waals surface area (Å²) in [7, 11) is 0. The van der Waals surface area contributed by atoms with Gasteiger partial charge >= 0.3 is 6.09 Å². The van der Waals surface area contributed by atoms with Gasteiger partial charge in [0.2, 0.25) is 11.8 Å². The molecule has 3 amide bonds. The maximum atomic E-state index is 12.0. The van der Waals surface area contributed by atoms with Gasteiger partial charge in [0.25, 0.3) is 0 Å². The molecule has 1 aromatic carbocycles. The molecule has 7 nitrogen and oxygen atoms in total. The summed E-state index contributed by atoms with van der Waals surface area (Å²) < 4.78 is 5.07. The molecule has 0 aromatic heterocycles. The first kappa shape index (κ1) is 17.5. The zero-order chi connectivity index (χ0) is 16.9. The van der Waals surface area contributed by atoms with Gasteiger partial charge in [-0.15, -0.1) is 0 Å². The molecule has 0 radical (unpaired) electrons. The summed E-state index contributed by atoms with van der Waals surface area (Å²) in [5.74, 6) is -0.949. The summed E-state index contributed by atoms with van der Waals surface area (Å²) >= 11 is 0. The third-order valence-corrected chi connectivity index (χ3v) is 2.56. The minimum atomic E-state index is -0.773. The number of amides is 3. The van der Waals surface area contributed by atoms with E-state index in [1.54, 1.807) is 32.9 Å². The summed E-state index contributed by atoms with van der Waals surface area (Å²) in [5, 5.41) is 5.05. The number of carbonyl (C=O) groups excluding carboxylic acids is 3. The van der Waals surface area contributed by atoms with Crippen LogP contribution in [-0.2, 0) is 9.53 Å². The number of hydrogen-bond donors (Lipinski definition) is 3. The Hall–Kier alpha value is -2.57. The van der Waals surface area contributed by atoms with Gasteiger partial charge in [-0.1, -0.05) is 0 Å². The predicted octanol–water partition coefficient (Wildman–Crippen LogP) is 1.64. The molecule has 120 valence electrons. The number of nitrogens with two attached hydrogens (primary N) is 1. The molecule has 0 spiro atoms. The Morgan fingerprint density at radius 3 is 2.14 bits per heavy atom. The summed E-state index contributed by atoms with van der Waals surface area (Å²) in [6, 6.07) is 5.34. The van der Waals surface area contributed by atoms with E-state index in [0.29, 0.717) is 11.3 Å². The van der Waals surface area contributed by atoms with E-state index < -0.39 is 29.6 Å². The molecule has 4 N–H and O–H groups in total. The van der Waals surface area contributed by atoms with Gasteiger partial charge in [-0.2, -0.15) is 0 Å². The summed E-state index contributed by atoms with van der Waals surface area (Å²) in [4.78, 5) is 34.5. The number of nitrogens with one attached hydrogen (secondary N) is 2. The second-order valence-electron chi connectivity index (χ2n) is 5.80. The number of hydrogen-bond acceptors (Lipinski definition) is 4. The van der Waals surface area contributed by atoms with Crippen molar-refractivity contribution in [1.82, 2.24) is 5.32 Å². The first-order valence-corrected chi connectivity index (χ1v) is 6.79. The molecule has 0 aliphatic heterocycles. The van der Waals surface area contributed by atoms with Crippen LogP contribution in [0.3, 0.4) is 0 Å². The highest BCUT2D eigenvalue weighted by atomic mass is 16.6. The Bertz CT molecular complexity index is 561. The Labute approximate surface area is 129 Å². The fourth-order valence-corrected chi connectivity index (χ4v) is 1.52. The highest BCUT2D eigenvalue weighted by Gasteiger charge is 2.21. The van der Waals surface area contributed by atoms with E-state index in [1.807, 2.05) is 0 Å². The van der Waals surface area contributed by atoms with Gasteiger partial charge in [0.15, 0.2) is 0 Å². The standard InChI is InChI=1S/C15H21N3O4/c1-9(17-14(21)22-15(2,3)4)13(20)18-11-7-5-10(6-8-11)12(16)19/h5-9H,1-4H3,(H2,16,19)(H,17,21)(H,18,20). The van der Waals surface area contributed by atoms with Crippen molar-refractivity contribution in [3.63, 3.8) is 0 Å². The lowest BCUT2D eigenvalue weighted by atomic mass is 10.2. The highest BCUT2D eigenvalue weighted by molar-refractivity contribution is 5.97. The Morgan fingerprint density at radius 1 is 1.14 bits per heavy atom. The van der Waals surface area contributed by atoms with Crippen LogP contribution in [0.1, 0.15) is 38.1 Å². The first-order valence-electron chi connectivity index (χ1n) is 6.79. The molecule has 0 bridgehead atoms. The largest absolute Gasteiger partial charge is 0.444 e. The second-order valence-corrected chi connectivity index (χ2v) is 5.80. The van der Waals surface area contributed by atoms with Crippen LogP contribution < -0.4 is 16.4 Å². The Morgan fingerprint density at radius 2 is 1.68 bits per heavy atom. The lowest BCUT2D eigenvalue weighted by molar-refractivity contribution is -0.117. The van der Waals surface area contributed by atoms with Crippen molar-refractivity contribution in [2.75, 3.05) is 5.32 Å². The molecule has 0 fully saturated rings. The molecule has 0 heterocycles. The maximum absolute atomic E-state index is 12.0. The van der Waals surface area contributed by atoms with E-state index in [4.69, 9.17) is 10.5 Å². The van der Waals surface area contributed by atoms with Gasteiger partial charge in [-0.05, 0) is 52.0 Å². The van der Waals surface area contributed by atoms with E-state index in [2.05, 4.69) is 10.6 Å². The van der Waals surface area contributed by atoms with E-state index in [-0.39, 0.29) is 0 Å². The quantitative estimate of drug-likeness (QED) is 0.785. The minimum absolute atomic E-state index is 0.345. The van der Waals surface area contributed by atoms with E-state index in [1.165, 1.54) is 19.1 Å². The summed E-state index contributed by atoms with van der Waals surface area (Å²) in [6.07, 6.45) is -0.667. The monoisotopic (exact) mass is 307 g/mol. The van der Waals surface area contributed by atoms with Gasteiger partial charge < -0.3 is 21.1 Å². The molecular weight excluding hydrogens is 286 g/mol. The summed E-state index contributed by atoms with van der Waals surface area (Å²) in [6.45, 7) is 6.74. The van der Waals surface area contributed by atoms with E-state index in [9.17, 15) is 14.4 Å². The average Bonchev–Trinajstić information content (AvgIpc) is 2.36. The highest BCUT2D eigenvalue weighted by Crippen LogP contribution is 2.10. The van der Waals surface area contributed by atoms with Crippen molar-refractivity contribution in [2.45, 2.75) is 39.3 Å². The van der Waals surface area contributed by atoms with Crippen molar-refractivity contribution in [3.05, 3.63) is 29.8 Å². The molecule has 0 saturated carbocycles. The topological polar surface area (TPSA) is 111 Å². The molecule has 0 aliphatic rings. The van der Waals surface area contributed by atoms with Crippen LogP contribution in [0.15, 0.2) is 24.3 Å². The van der Waals surface area contributed by atoms with Gasteiger partial charge in [-0.3, -0.25) is 9.59 Å². The van der Waals surface area contributed by atoms with Crippen LogP contribution in [0.2, 0.25) is 0 Å². The predicted molar refractivity (Wildman–Crippen MR) is 82.4 cm³/mol. The number of rotatable bonds is 4. The first-order chi connectivity index (χ1) is 10.1. The maximum Gasteiger partial charge on any atom is 0.408 e. The number of ether oxygens (including phenoxy) is 1. The zero-order valence-electron chi connectivity index (χ0n) is 13.1. The van der Waals surface area contributed by atoms with Crippen LogP contribution in [-0.4, -0.2) is 29.6 Å².